The maximum atomic E-state index is 14.0. The average Bonchev–Trinajstić information content (AvgIpc) is 3.55. The summed E-state index contributed by atoms with van der Waals surface area (Å²) in [6.07, 6.45) is -1.09. The third-order valence-electron chi connectivity index (χ3n) is 6.59. The summed E-state index contributed by atoms with van der Waals surface area (Å²) >= 11 is 1.44. The SMILES string of the molecule is O=S(=O)(c1ccc(C(F)(F)F)cc1)N1CCN(c2nccc(-c3c(-c4cccc(F)c4)nc4sccn34)n2)CC1. The molecular formula is C26H20F4N6O2S2. The van der Waals surface area contributed by atoms with Crippen LogP contribution in [-0.2, 0) is 16.2 Å². The Morgan fingerprint density at radius 2 is 1.68 bits per heavy atom. The summed E-state index contributed by atoms with van der Waals surface area (Å²) in [7, 11) is -3.97. The quantitative estimate of drug-likeness (QED) is 0.263. The first-order valence-corrected chi connectivity index (χ1v) is 14.4. The third-order valence-corrected chi connectivity index (χ3v) is 9.26. The van der Waals surface area contributed by atoms with Crippen molar-refractivity contribution < 1.29 is 26.0 Å². The number of alkyl halides is 3. The Morgan fingerprint density at radius 1 is 0.925 bits per heavy atom. The van der Waals surface area contributed by atoms with E-state index in [1.54, 1.807) is 24.4 Å². The van der Waals surface area contributed by atoms with Crippen molar-refractivity contribution in [1.29, 1.82) is 0 Å². The molecule has 1 aliphatic heterocycles. The minimum Gasteiger partial charge on any atom is -0.338 e. The van der Waals surface area contributed by atoms with Crippen LogP contribution in [0.2, 0.25) is 0 Å². The Balaban J connectivity index is 1.24. The summed E-state index contributed by atoms with van der Waals surface area (Å²) < 4.78 is 81.9. The highest BCUT2D eigenvalue weighted by molar-refractivity contribution is 7.89. The summed E-state index contributed by atoms with van der Waals surface area (Å²) in [6.45, 7) is 0.764. The fraction of sp³-hybridized carbons (Fsp3) is 0.192. The zero-order chi connectivity index (χ0) is 28.1. The van der Waals surface area contributed by atoms with Crippen molar-refractivity contribution in [1.82, 2.24) is 23.7 Å². The second kappa shape index (κ2) is 9.94. The fourth-order valence-corrected chi connectivity index (χ4v) is 6.73. The van der Waals surface area contributed by atoms with Crippen molar-refractivity contribution in [2.24, 2.45) is 0 Å². The van der Waals surface area contributed by atoms with E-state index in [1.165, 1.54) is 27.8 Å². The molecule has 0 atom stereocenters. The lowest BCUT2D eigenvalue weighted by molar-refractivity contribution is -0.137. The number of anilines is 1. The van der Waals surface area contributed by atoms with E-state index in [9.17, 15) is 26.0 Å². The van der Waals surface area contributed by atoms with Crippen LogP contribution in [0.1, 0.15) is 5.56 Å². The Labute approximate surface area is 230 Å². The number of imidazole rings is 1. The summed E-state index contributed by atoms with van der Waals surface area (Å²) in [5, 5.41) is 1.89. The van der Waals surface area contributed by atoms with E-state index in [0.29, 0.717) is 28.6 Å². The van der Waals surface area contributed by atoms with Gasteiger partial charge in [-0.3, -0.25) is 4.40 Å². The molecule has 4 heterocycles. The molecule has 0 aliphatic carbocycles. The first-order chi connectivity index (χ1) is 19.1. The second-order valence-corrected chi connectivity index (χ2v) is 11.8. The monoisotopic (exact) mass is 588 g/mol. The topological polar surface area (TPSA) is 83.7 Å². The molecule has 0 bridgehead atoms. The van der Waals surface area contributed by atoms with Gasteiger partial charge in [-0.2, -0.15) is 17.5 Å². The van der Waals surface area contributed by atoms with E-state index in [2.05, 4.69) is 4.98 Å². The molecule has 8 nitrogen and oxygen atoms in total. The molecular weight excluding hydrogens is 568 g/mol. The van der Waals surface area contributed by atoms with Gasteiger partial charge in [0.2, 0.25) is 16.0 Å². The zero-order valence-corrected chi connectivity index (χ0v) is 22.2. The van der Waals surface area contributed by atoms with Crippen LogP contribution in [-0.4, -0.2) is 58.3 Å². The van der Waals surface area contributed by atoms with E-state index < -0.39 is 21.8 Å². The van der Waals surface area contributed by atoms with E-state index in [1.807, 2.05) is 20.9 Å². The largest absolute Gasteiger partial charge is 0.416 e. The molecule has 14 heteroatoms. The molecule has 0 radical (unpaired) electrons. The lowest BCUT2D eigenvalue weighted by atomic mass is 10.1. The number of rotatable bonds is 5. The molecule has 5 aromatic rings. The molecule has 2 aromatic carbocycles. The normalized spacial score (nSPS) is 15.2. The summed E-state index contributed by atoms with van der Waals surface area (Å²) in [6, 6.07) is 11.4. The minimum atomic E-state index is -4.55. The van der Waals surface area contributed by atoms with Crippen molar-refractivity contribution in [3.8, 4) is 22.6 Å². The predicted octanol–water partition coefficient (Wildman–Crippen LogP) is 5.19. The lowest BCUT2D eigenvalue weighted by Crippen LogP contribution is -2.49. The van der Waals surface area contributed by atoms with Gasteiger partial charge in [-0.25, -0.2) is 27.8 Å². The molecule has 1 saturated heterocycles. The number of benzene rings is 2. The van der Waals surface area contributed by atoms with Crippen molar-refractivity contribution in [2.45, 2.75) is 11.1 Å². The van der Waals surface area contributed by atoms with Gasteiger partial charge in [-0.15, -0.1) is 11.3 Å². The van der Waals surface area contributed by atoms with E-state index in [-0.39, 0.29) is 36.9 Å². The van der Waals surface area contributed by atoms with E-state index in [0.717, 1.165) is 29.2 Å². The maximum Gasteiger partial charge on any atom is 0.416 e. The van der Waals surface area contributed by atoms with Crippen LogP contribution in [0.15, 0.2) is 77.3 Å². The molecule has 0 N–H and O–H groups in total. The number of aromatic nitrogens is 4. The number of sulfonamides is 1. The first kappa shape index (κ1) is 26.3. The fourth-order valence-electron chi connectivity index (χ4n) is 4.59. The smallest absolute Gasteiger partial charge is 0.338 e. The Kier molecular flexibility index (Phi) is 6.55. The van der Waals surface area contributed by atoms with Gasteiger partial charge in [-0.05, 0) is 42.5 Å². The Morgan fingerprint density at radius 3 is 2.38 bits per heavy atom. The number of halogens is 4. The summed E-state index contributed by atoms with van der Waals surface area (Å²) in [5.41, 5.74) is 1.51. The molecule has 3 aromatic heterocycles. The maximum absolute atomic E-state index is 14.0. The van der Waals surface area contributed by atoms with Crippen molar-refractivity contribution in [2.75, 3.05) is 31.1 Å². The Hall–Kier alpha value is -3.88. The van der Waals surface area contributed by atoms with Gasteiger partial charge in [0.15, 0.2) is 4.96 Å². The van der Waals surface area contributed by atoms with Crippen molar-refractivity contribution >= 4 is 32.3 Å². The van der Waals surface area contributed by atoms with Crippen LogP contribution < -0.4 is 4.90 Å². The van der Waals surface area contributed by atoms with Crippen LogP contribution in [0.5, 0.6) is 0 Å². The number of hydrogen-bond donors (Lipinski definition) is 0. The Bertz CT molecular complexity index is 1790. The van der Waals surface area contributed by atoms with Gasteiger partial charge < -0.3 is 4.90 Å². The molecule has 1 aliphatic rings. The lowest BCUT2D eigenvalue weighted by Gasteiger charge is -2.34. The van der Waals surface area contributed by atoms with Crippen molar-refractivity contribution in [3.05, 3.63) is 83.8 Å². The highest BCUT2D eigenvalue weighted by Crippen LogP contribution is 2.34. The number of hydrogen-bond acceptors (Lipinski definition) is 7. The number of piperazine rings is 1. The molecule has 40 heavy (non-hydrogen) atoms. The highest BCUT2D eigenvalue weighted by Gasteiger charge is 2.33. The molecule has 0 spiro atoms. The van der Waals surface area contributed by atoms with Gasteiger partial charge in [-0.1, -0.05) is 12.1 Å². The molecule has 0 unspecified atom stereocenters. The predicted molar refractivity (Wildman–Crippen MR) is 142 cm³/mol. The highest BCUT2D eigenvalue weighted by atomic mass is 32.2. The summed E-state index contributed by atoms with van der Waals surface area (Å²) in [4.78, 5) is 16.2. The standard InChI is InChI=1S/C26H20F4N6O2S2/c27-19-3-1-2-17(16-19)22-23(36-14-15-39-25(36)33-22)21-8-9-31-24(32-21)34-10-12-35(13-11-34)40(37,38)20-6-4-18(5-7-20)26(28,29)30/h1-9,14-16H,10-13H2. The van der Waals surface area contributed by atoms with Gasteiger partial charge in [0.25, 0.3) is 0 Å². The number of nitrogens with zero attached hydrogens (tertiary/aromatic N) is 6. The minimum absolute atomic E-state index is 0.104. The van der Waals surface area contributed by atoms with Crippen LogP contribution in [0, 0.1) is 5.82 Å². The first-order valence-electron chi connectivity index (χ1n) is 12.1. The molecule has 6 rings (SSSR count). The molecule has 1 fully saturated rings. The van der Waals surface area contributed by atoms with Crippen molar-refractivity contribution in [3.63, 3.8) is 0 Å². The van der Waals surface area contributed by atoms with Gasteiger partial charge >= 0.3 is 6.18 Å². The molecule has 206 valence electrons. The summed E-state index contributed by atoms with van der Waals surface area (Å²) in [5.74, 6) is 0.00625. The van der Waals surface area contributed by atoms with Gasteiger partial charge in [0.05, 0.1) is 21.8 Å². The van der Waals surface area contributed by atoms with Gasteiger partial charge in [0.1, 0.15) is 11.5 Å². The zero-order valence-electron chi connectivity index (χ0n) is 20.6. The molecule has 0 amide bonds. The molecule has 0 saturated carbocycles. The second-order valence-electron chi connectivity index (χ2n) is 9.03. The van der Waals surface area contributed by atoms with E-state index in [4.69, 9.17) is 9.97 Å². The number of thiazole rings is 1. The van der Waals surface area contributed by atoms with Crippen LogP contribution in [0.3, 0.4) is 0 Å². The van der Waals surface area contributed by atoms with Crippen LogP contribution in [0.25, 0.3) is 27.6 Å². The average molecular weight is 589 g/mol. The van der Waals surface area contributed by atoms with Crippen LogP contribution >= 0.6 is 11.3 Å². The third kappa shape index (κ3) is 4.82. The van der Waals surface area contributed by atoms with Gasteiger partial charge in [0, 0.05) is 49.5 Å². The van der Waals surface area contributed by atoms with Crippen LogP contribution in [0.4, 0.5) is 23.5 Å². The number of fused-ring (bicyclic) bond motifs is 1. The van der Waals surface area contributed by atoms with E-state index >= 15 is 0 Å².